The summed E-state index contributed by atoms with van der Waals surface area (Å²) in [6.45, 7) is 2.63. The fraction of sp³-hybridized carbons (Fsp3) is 0.562. The Morgan fingerprint density at radius 3 is 2.95 bits per heavy atom. The fourth-order valence-corrected chi connectivity index (χ4v) is 2.90. The van der Waals surface area contributed by atoms with Crippen molar-refractivity contribution in [2.24, 2.45) is 0 Å². The Hall–Kier alpha value is -1.37. The van der Waals surface area contributed by atoms with E-state index < -0.39 is 0 Å². The monoisotopic (exact) mass is 256 g/mol. The van der Waals surface area contributed by atoms with Gasteiger partial charge in [-0.3, -0.25) is 4.90 Å². The number of ether oxygens (including phenoxy) is 1. The van der Waals surface area contributed by atoms with E-state index in [1.165, 1.54) is 24.0 Å². The van der Waals surface area contributed by atoms with Gasteiger partial charge in [-0.25, -0.2) is 0 Å². The lowest BCUT2D eigenvalue weighted by atomic mass is 9.97. The Labute approximate surface area is 114 Å². The van der Waals surface area contributed by atoms with Crippen molar-refractivity contribution in [1.29, 1.82) is 5.26 Å². The summed E-state index contributed by atoms with van der Waals surface area (Å²) in [6, 6.07) is 11.5. The zero-order valence-electron chi connectivity index (χ0n) is 11.2. The van der Waals surface area contributed by atoms with Crippen LogP contribution in [0.2, 0.25) is 0 Å². The molecule has 1 saturated carbocycles. The molecule has 1 aliphatic heterocycles. The van der Waals surface area contributed by atoms with E-state index in [0.29, 0.717) is 12.5 Å². The van der Waals surface area contributed by atoms with Crippen molar-refractivity contribution in [3.63, 3.8) is 0 Å². The molecule has 1 atom stereocenters. The number of nitrogens with zero attached hydrogens (tertiary/aromatic N) is 2. The Balaban J connectivity index is 1.70. The van der Waals surface area contributed by atoms with Gasteiger partial charge in [0.05, 0.1) is 18.8 Å². The lowest BCUT2D eigenvalue weighted by molar-refractivity contribution is 0.0144. The van der Waals surface area contributed by atoms with Crippen LogP contribution in [0, 0.1) is 11.3 Å². The van der Waals surface area contributed by atoms with Gasteiger partial charge in [-0.2, -0.15) is 5.26 Å². The van der Waals surface area contributed by atoms with E-state index in [1.807, 2.05) is 0 Å². The molecule has 0 N–H and O–H groups in total. The molecule has 1 aromatic rings. The molecule has 100 valence electrons. The van der Waals surface area contributed by atoms with Gasteiger partial charge in [-0.15, -0.1) is 0 Å². The fourth-order valence-electron chi connectivity index (χ4n) is 2.90. The molecule has 19 heavy (non-hydrogen) atoms. The average Bonchev–Trinajstić information content (AvgIpc) is 3.28. The summed E-state index contributed by atoms with van der Waals surface area (Å²) in [5, 5.41) is 8.77. The molecule has 0 amide bonds. The van der Waals surface area contributed by atoms with Crippen LogP contribution < -0.4 is 0 Å². The summed E-state index contributed by atoms with van der Waals surface area (Å²) >= 11 is 0. The third-order valence-corrected chi connectivity index (χ3v) is 4.07. The maximum absolute atomic E-state index is 8.77. The highest BCUT2D eigenvalue weighted by atomic mass is 16.5. The van der Waals surface area contributed by atoms with Gasteiger partial charge in [0, 0.05) is 25.6 Å². The van der Waals surface area contributed by atoms with Crippen molar-refractivity contribution in [3.05, 3.63) is 35.4 Å². The van der Waals surface area contributed by atoms with Crippen LogP contribution in [0.25, 0.3) is 0 Å². The van der Waals surface area contributed by atoms with Crippen LogP contribution in [0.1, 0.15) is 36.5 Å². The molecule has 2 aliphatic rings. The number of benzene rings is 1. The van der Waals surface area contributed by atoms with Crippen LogP contribution in [0.5, 0.6) is 0 Å². The molecule has 1 heterocycles. The van der Waals surface area contributed by atoms with E-state index in [-0.39, 0.29) is 6.10 Å². The first-order chi connectivity index (χ1) is 9.38. The summed E-state index contributed by atoms with van der Waals surface area (Å²) in [4.78, 5) is 2.44. The van der Waals surface area contributed by atoms with Crippen LogP contribution in [-0.2, 0) is 11.2 Å². The zero-order valence-corrected chi connectivity index (χ0v) is 11.2. The van der Waals surface area contributed by atoms with Crippen LogP contribution >= 0.6 is 0 Å². The van der Waals surface area contributed by atoms with Crippen molar-refractivity contribution in [1.82, 2.24) is 4.90 Å². The van der Waals surface area contributed by atoms with E-state index in [0.717, 1.165) is 26.1 Å². The molecular weight excluding hydrogens is 236 g/mol. The standard InChI is InChI=1S/C16H20N2O/c17-9-3-10-18(14-6-7-14)12-16-15-5-2-1-4-13(15)8-11-19-16/h1-2,4-5,14,16H,3,6-8,10-12H2. The maximum atomic E-state index is 8.77. The number of fused-ring (bicyclic) bond motifs is 1. The predicted molar refractivity (Wildman–Crippen MR) is 73.7 cm³/mol. The molecule has 0 aromatic heterocycles. The Morgan fingerprint density at radius 1 is 1.32 bits per heavy atom. The quantitative estimate of drug-likeness (QED) is 0.812. The third-order valence-electron chi connectivity index (χ3n) is 4.07. The van der Waals surface area contributed by atoms with E-state index in [9.17, 15) is 0 Å². The molecule has 1 unspecified atom stereocenters. The largest absolute Gasteiger partial charge is 0.372 e. The van der Waals surface area contributed by atoms with E-state index in [1.54, 1.807) is 0 Å². The number of hydrogen-bond acceptors (Lipinski definition) is 3. The summed E-state index contributed by atoms with van der Waals surface area (Å²) in [5.41, 5.74) is 2.77. The first-order valence-corrected chi connectivity index (χ1v) is 7.19. The van der Waals surface area contributed by atoms with Gasteiger partial charge in [-0.05, 0) is 30.4 Å². The minimum Gasteiger partial charge on any atom is -0.372 e. The van der Waals surface area contributed by atoms with Gasteiger partial charge >= 0.3 is 0 Å². The molecule has 0 spiro atoms. The van der Waals surface area contributed by atoms with Crippen LogP contribution in [0.3, 0.4) is 0 Å². The molecule has 3 rings (SSSR count). The van der Waals surface area contributed by atoms with Gasteiger partial charge in [0.1, 0.15) is 0 Å². The summed E-state index contributed by atoms with van der Waals surface area (Å²) in [6.07, 6.45) is 4.38. The maximum Gasteiger partial charge on any atom is 0.0954 e. The van der Waals surface area contributed by atoms with Crippen molar-refractivity contribution in [2.75, 3.05) is 19.7 Å². The molecule has 0 saturated heterocycles. The highest BCUT2D eigenvalue weighted by Crippen LogP contribution is 2.32. The zero-order chi connectivity index (χ0) is 13.1. The molecule has 0 radical (unpaired) electrons. The van der Waals surface area contributed by atoms with Crippen molar-refractivity contribution >= 4 is 0 Å². The van der Waals surface area contributed by atoms with Crippen molar-refractivity contribution in [3.8, 4) is 6.07 Å². The third kappa shape index (κ3) is 2.97. The second-order valence-electron chi connectivity index (χ2n) is 5.44. The number of nitriles is 1. The van der Waals surface area contributed by atoms with Crippen molar-refractivity contribution in [2.45, 2.75) is 37.8 Å². The highest BCUT2D eigenvalue weighted by Gasteiger charge is 2.32. The lowest BCUT2D eigenvalue weighted by Crippen LogP contribution is -2.34. The van der Waals surface area contributed by atoms with E-state index in [2.05, 4.69) is 35.2 Å². The van der Waals surface area contributed by atoms with Gasteiger partial charge in [0.15, 0.2) is 0 Å². The molecule has 3 heteroatoms. The van der Waals surface area contributed by atoms with Gasteiger partial charge in [0.25, 0.3) is 0 Å². The second kappa shape index (κ2) is 5.73. The molecule has 0 bridgehead atoms. The smallest absolute Gasteiger partial charge is 0.0954 e. The Bertz CT molecular complexity index is 476. The van der Waals surface area contributed by atoms with E-state index in [4.69, 9.17) is 10.00 Å². The van der Waals surface area contributed by atoms with Crippen molar-refractivity contribution < 1.29 is 4.74 Å². The molecule has 1 aromatic carbocycles. The summed E-state index contributed by atoms with van der Waals surface area (Å²) in [7, 11) is 0. The second-order valence-corrected chi connectivity index (χ2v) is 5.44. The van der Waals surface area contributed by atoms with Gasteiger partial charge < -0.3 is 4.74 Å². The topological polar surface area (TPSA) is 36.3 Å². The first kappa shape index (κ1) is 12.7. The normalized spacial score (nSPS) is 22.0. The van der Waals surface area contributed by atoms with Crippen LogP contribution in [0.15, 0.2) is 24.3 Å². The first-order valence-electron chi connectivity index (χ1n) is 7.19. The predicted octanol–water partition coefficient (Wildman–Crippen LogP) is 2.68. The molecule has 3 nitrogen and oxygen atoms in total. The minimum atomic E-state index is 0.184. The van der Waals surface area contributed by atoms with Crippen LogP contribution in [0.4, 0.5) is 0 Å². The SMILES string of the molecule is N#CCCN(CC1OCCc2ccccc21)C1CC1. The molecule has 1 fully saturated rings. The molecular formula is C16H20N2O. The summed E-state index contributed by atoms with van der Waals surface area (Å²) < 4.78 is 5.97. The minimum absolute atomic E-state index is 0.184. The Kier molecular flexibility index (Phi) is 3.82. The Morgan fingerprint density at radius 2 is 2.16 bits per heavy atom. The van der Waals surface area contributed by atoms with E-state index >= 15 is 0 Å². The van der Waals surface area contributed by atoms with Crippen LogP contribution in [-0.4, -0.2) is 30.6 Å². The highest BCUT2D eigenvalue weighted by molar-refractivity contribution is 5.31. The number of rotatable bonds is 5. The average molecular weight is 256 g/mol. The van der Waals surface area contributed by atoms with Gasteiger partial charge in [0.2, 0.25) is 0 Å². The van der Waals surface area contributed by atoms with Gasteiger partial charge in [-0.1, -0.05) is 24.3 Å². The molecule has 1 aliphatic carbocycles. The number of hydrogen-bond donors (Lipinski definition) is 0. The lowest BCUT2D eigenvalue weighted by Gasteiger charge is -2.31. The summed E-state index contributed by atoms with van der Waals surface area (Å²) in [5.74, 6) is 0.